The zero-order chi connectivity index (χ0) is 42.4. The molecule has 65 heavy (non-hydrogen) atoms. The second kappa shape index (κ2) is 12.9. The fourth-order valence-corrected chi connectivity index (χ4v) is 12.8. The van der Waals surface area contributed by atoms with E-state index in [2.05, 4.69) is 231 Å². The quantitative estimate of drug-likeness (QED) is 0.167. The molecule has 0 heteroatoms. The third-order valence-corrected chi connectivity index (χ3v) is 15.2. The Bertz CT molecular complexity index is 3900. The smallest absolute Gasteiger partial charge is 0.0622 e. The van der Waals surface area contributed by atoms with E-state index >= 15 is 0 Å². The van der Waals surface area contributed by atoms with Crippen LogP contribution in [0, 0.1) is 0 Å². The molecular formula is C65H38. The maximum atomic E-state index is 2.46. The van der Waals surface area contributed by atoms with Crippen molar-refractivity contribution in [3.05, 3.63) is 253 Å². The van der Waals surface area contributed by atoms with Gasteiger partial charge in [-0.1, -0.05) is 224 Å². The zero-order valence-electron chi connectivity index (χ0n) is 35.4. The van der Waals surface area contributed by atoms with Gasteiger partial charge < -0.3 is 0 Å². The predicted octanol–water partition coefficient (Wildman–Crippen LogP) is 17.3. The molecule has 298 valence electrons. The fourth-order valence-electron chi connectivity index (χ4n) is 12.8. The highest BCUT2D eigenvalue weighted by molar-refractivity contribution is 6.29. The van der Waals surface area contributed by atoms with Crippen molar-refractivity contribution in [1.29, 1.82) is 0 Å². The largest absolute Gasteiger partial charge is 0.0737 e. The van der Waals surface area contributed by atoms with Gasteiger partial charge in [0.25, 0.3) is 0 Å². The molecule has 15 rings (SSSR count). The minimum Gasteiger partial charge on any atom is -0.0622 e. The number of hydrogen-bond acceptors (Lipinski definition) is 0. The van der Waals surface area contributed by atoms with Crippen LogP contribution in [0.4, 0.5) is 0 Å². The molecular weight excluding hydrogens is 781 g/mol. The number of rotatable bonds is 3. The summed E-state index contributed by atoms with van der Waals surface area (Å²) in [6.45, 7) is 0. The zero-order valence-corrected chi connectivity index (χ0v) is 35.4. The molecule has 0 aromatic heterocycles. The minimum atomic E-state index is -0.454. The van der Waals surface area contributed by atoms with Crippen LogP contribution in [0.3, 0.4) is 0 Å². The van der Waals surface area contributed by atoms with Gasteiger partial charge in [0.1, 0.15) is 0 Å². The van der Waals surface area contributed by atoms with Gasteiger partial charge in [-0.05, 0) is 149 Å². The van der Waals surface area contributed by atoms with Crippen molar-refractivity contribution in [2.24, 2.45) is 0 Å². The number of benzene rings is 12. The number of fused-ring (bicyclic) bond motifs is 18. The van der Waals surface area contributed by atoms with Crippen LogP contribution in [0.5, 0.6) is 0 Å². The lowest BCUT2D eigenvalue weighted by atomic mass is 9.68. The van der Waals surface area contributed by atoms with Gasteiger partial charge in [-0.25, -0.2) is 0 Å². The topological polar surface area (TPSA) is 0 Å². The summed E-state index contributed by atoms with van der Waals surface area (Å²) in [6.07, 6.45) is 0. The molecule has 0 bridgehead atoms. The van der Waals surface area contributed by atoms with E-state index in [1.165, 1.54) is 143 Å². The maximum absolute atomic E-state index is 2.46. The highest BCUT2D eigenvalue weighted by Crippen LogP contribution is 2.66. The summed E-state index contributed by atoms with van der Waals surface area (Å²) in [5.41, 5.74) is 23.3. The Kier molecular flexibility index (Phi) is 6.97. The van der Waals surface area contributed by atoms with E-state index in [0.29, 0.717) is 0 Å². The summed E-state index contributed by atoms with van der Waals surface area (Å²) in [5, 5.41) is 10.4. The van der Waals surface area contributed by atoms with Crippen molar-refractivity contribution < 1.29 is 0 Å². The van der Waals surface area contributed by atoms with Crippen LogP contribution in [0.25, 0.3) is 121 Å². The van der Waals surface area contributed by atoms with Gasteiger partial charge in [0.2, 0.25) is 0 Å². The standard InChI is InChI=1S/C65H38/c1-3-17-40(18-4-1)58-50-24-9-10-25-51(50)59(41-19-5-2-6-20-41)62-55-37-36-44(49-26-15-27-54(60(49)55)61(58)62)42-31-33-46-43(38-42)32-35-53-52-34-30-39-16-7-8-21-45(39)63(52)65(64(46)53)56-28-13-11-22-47(56)48-23-12-14-29-57(48)65/h1-38H. The van der Waals surface area contributed by atoms with Crippen LogP contribution in [0.2, 0.25) is 0 Å². The summed E-state index contributed by atoms with van der Waals surface area (Å²) in [5.74, 6) is 0. The van der Waals surface area contributed by atoms with Crippen LogP contribution in [0.15, 0.2) is 231 Å². The van der Waals surface area contributed by atoms with Gasteiger partial charge in [-0.2, -0.15) is 0 Å². The molecule has 0 nitrogen and oxygen atoms in total. The second-order valence-electron chi connectivity index (χ2n) is 18.1. The Hall–Kier alpha value is -8.32. The highest BCUT2D eigenvalue weighted by atomic mass is 14.5. The summed E-state index contributed by atoms with van der Waals surface area (Å²) >= 11 is 0. The van der Waals surface area contributed by atoms with Crippen molar-refractivity contribution in [3.8, 4) is 77.9 Å². The van der Waals surface area contributed by atoms with Gasteiger partial charge in [-0.3, -0.25) is 0 Å². The Labute approximate surface area is 377 Å². The SMILES string of the molecule is c1ccc(-c2c3c(c(-c4ccccc4)c4ccccc24)-c2ccc(-c4ccc5c6c(ccc5c4)-c4ccc5ccccc5c4C64c5ccccc5-c5ccccc54)c4cccc-3c24)cc1. The molecule has 3 aliphatic rings. The molecule has 12 aromatic rings. The fraction of sp³-hybridized carbons (Fsp3) is 0.0154. The van der Waals surface area contributed by atoms with Crippen molar-refractivity contribution in [1.82, 2.24) is 0 Å². The maximum Gasteiger partial charge on any atom is 0.0737 e. The Morgan fingerprint density at radius 1 is 0.231 bits per heavy atom. The van der Waals surface area contributed by atoms with E-state index < -0.39 is 5.41 Å². The molecule has 0 N–H and O–H groups in total. The molecule has 0 aliphatic heterocycles. The molecule has 0 fully saturated rings. The first-order valence-corrected chi connectivity index (χ1v) is 22.8. The van der Waals surface area contributed by atoms with Gasteiger partial charge in [0, 0.05) is 0 Å². The average molecular weight is 819 g/mol. The first kappa shape index (κ1) is 35.2. The molecule has 0 unspecified atom stereocenters. The molecule has 0 saturated carbocycles. The Morgan fingerprint density at radius 2 is 0.692 bits per heavy atom. The van der Waals surface area contributed by atoms with Gasteiger partial charge in [0.05, 0.1) is 5.41 Å². The Morgan fingerprint density at radius 3 is 1.34 bits per heavy atom. The monoisotopic (exact) mass is 818 g/mol. The van der Waals surface area contributed by atoms with Crippen LogP contribution < -0.4 is 0 Å². The van der Waals surface area contributed by atoms with Gasteiger partial charge in [-0.15, -0.1) is 0 Å². The van der Waals surface area contributed by atoms with Gasteiger partial charge >= 0.3 is 0 Å². The molecule has 0 saturated heterocycles. The molecule has 1 spiro atoms. The van der Waals surface area contributed by atoms with Gasteiger partial charge in [0.15, 0.2) is 0 Å². The minimum absolute atomic E-state index is 0.454. The highest BCUT2D eigenvalue weighted by Gasteiger charge is 2.53. The second-order valence-corrected chi connectivity index (χ2v) is 18.1. The molecule has 12 aromatic carbocycles. The summed E-state index contributed by atoms with van der Waals surface area (Å²) in [6, 6.07) is 87.0. The first-order valence-electron chi connectivity index (χ1n) is 22.8. The third kappa shape index (κ3) is 4.46. The number of hydrogen-bond donors (Lipinski definition) is 0. The summed E-state index contributed by atoms with van der Waals surface area (Å²) < 4.78 is 0. The van der Waals surface area contributed by atoms with E-state index in [1.807, 2.05) is 0 Å². The summed E-state index contributed by atoms with van der Waals surface area (Å²) in [7, 11) is 0. The molecule has 3 aliphatic carbocycles. The van der Waals surface area contributed by atoms with E-state index in [4.69, 9.17) is 0 Å². The van der Waals surface area contributed by atoms with Crippen molar-refractivity contribution >= 4 is 43.1 Å². The van der Waals surface area contributed by atoms with E-state index in [1.54, 1.807) is 0 Å². The van der Waals surface area contributed by atoms with Crippen molar-refractivity contribution in [3.63, 3.8) is 0 Å². The molecule has 0 heterocycles. The van der Waals surface area contributed by atoms with Crippen molar-refractivity contribution in [2.75, 3.05) is 0 Å². The first-order chi connectivity index (χ1) is 32.3. The Balaban J connectivity index is 0.991. The molecule has 0 radical (unpaired) electrons. The lowest BCUT2D eigenvalue weighted by Gasteiger charge is -2.32. The van der Waals surface area contributed by atoms with E-state index in [9.17, 15) is 0 Å². The van der Waals surface area contributed by atoms with Crippen LogP contribution >= 0.6 is 0 Å². The van der Waals surface area contributed by atoms with E-state index in [-0.39, 0.29) is 0 Å². The van der Waals surface area contributed by atoms with E-state index in [0.717, 1.165) is 0 Å². The average Bonchev–Trinajstić information content (AvgIpc) is 3.99. The van der Waals surface area contributed by atoms with Crippen LogP contribution in [-0.2, 0) is 5.41 Å². The predicted molar refractivity (Wildman–Crippen MR) is 274 cm³/mol. The van der Waals surface area contributed by atoms with Crippen molar-refractivity contribution in [2.45, 2.75) is 5.41 Å². The normalized spacial score (nSPS) is 13.4. The summed E-state index contributed by atoms with van der Waals surface area (Å²) in [4.78, 5) is 0. The lowest BCUT2D eigenvalue weighted by Crippen LogP contribution is -2.26. The third-order valence-electron chi connectivity index (χ3n) is 15.2. The lowest BCUT2D eigenvalue weighted by molar-refractivity contribution is 0.809. The van der Waals surface area contributed by atoms with Crippen LogP contribution in [-0.4, -0.2) is 0 Å². The van der Waals surface area contributed by atoms with Crippen LogP contribution in [0.1, 0.15) is 22.3 Å². The molecule has 0 amide bonds. The molecule has 0 atom stereocenters.